The van der Waals surface area contributed by atoms with Gasteiger partial charge < -0.3 is 9.47 Å². The summed E-state index contributed by atoms with van der Waals surface area (Å²) in [5, 5.41) is 0. The molecule has 0 radical (unpaired) electrons. The zero-order valence-corrected chi connectivity index (χ0v) is 16.9. The van der Waals surface area contributed by atoms with Crippen LogP contribution in [0.15, 0.2) is 11.6 Å². The number of allylic oxidation sites excluding steroid dienone is 2. The molecule has 0 unspecified atom stereocenters. The number of ether oxygens (including phenoxy) is 2. The van der Waals surface area contributed by atoms with Crippen LogP contribution >= 0.6 is 0 Å². The molecule has 2 aliphatic carbocycles. The number of rotatable bonds is 5. The van der Waals surface area contributed by atoms with E-state index in [-0.39, 0.29) is 35.5 Å². The second-order valence-corrected chi connectivity index (χ2v) is 9.29. The van der Waals surface area contributed by atoms with E-state index >= 15 is 0 Å². The summed E-state index contributed by atoms with van der Waals surface area (Å²) < 4.78 is 11.4. The topological polar surface area (TPSA) is 52.6 Å². The molecule has 3 rings (SSSR count). The van der Waals surface area contributed by atoms with Crippen molar-refractivity contribution in [3.05, 3.63) is 11.6 Å². The Balaban J connectivity index is 1.80. The van der Waals surface area contributed by atoms with E-state index in [4.69, 9.17) is 9.47 Å². The Kier molecular flexibility index (Phi) is 5.50. The standard InChI is InChI=1S/C22H34O4/c1-13(2)7-6-8-14(3)17-12-19-21-16(11-20(24)26-19)18(25-15(4)23)9-10-22(17,21)5/h7,14,16-19,21H,6,8-12H2,1-5H3/t14-,16+,17-,18+,19+,21+,22-/m1/s1. The molecule has 4 nitrogen and oxygen atoms in total. The third-order valence-corrected chi connectivity index (χ3v) is 7.27. The minimum absolute atomic E-state index is 0.000474. The normalized spacial score (nSPS) is 39.6. The SMILES string of the molecule is CC(=O)O[C@H]1CC[C@@]2(C)[C@H]3[C@H]1CC(=O)O[C@H]3C[C@@H]2[C@H](C)CCC=C(C)C. The average molecular weight is 363 g/mol. The lowest BCUT2D eigenvalue weighted by Gasteiger charge is -2.51. The summed E-state index contributed by atoms with van der Waals surface area (Å²) in [7, 11) is 0. The van der Waals surface area contributed by atoms with E-state index in [9.17, 15) is 9.59 Å². The van der Waals surface area contributed by atoms with Gasteiger partial charge in [-0.15, -0.1) is 0 Å². The van der Waals surface area contributed by atoms with Crippen molar-refractivity contribution in [3.63, 3.8) is 0 Å². The average Bonchev–Trinajstić information content (AvgIpc) is 2.83. The summed E-state index contributed by atoms with van der Waals surface area (Å²) in [6, 6.07) is 0. The third kappa shape index (κ3) is 3.57. The molecule has 0 spiro atoms. The molecule has 1 heterocycles. The van der Waals surface area contributed by atoms with E-state index in [1.165, 1.54) is 18.9 Å². The van der Waals surface area contributed by atoms with E-state index in [2.05, 4.69) is 33.8 Å². The van der Waals surface area contributed by atoms with Crippen molar-refractivity contribution < 1.29 is 19.1 Å². The largest absolute Gasteiger partial charge is 0.462 e. The van der Waals surface area contributed by atoms with Crippen molar-refractivity contribution in [1.82, 2.24) is 0 Å². The van der Waals surface area contributed by atoms with Crippen molar-refractivity contribution in [2.45, 2.75) is 85.4 Å². The third-order valence-electron chi connectivity index (χ3n) is 7.27. The predicted molar refractivity (Wildman–Crippen MR) is 100 cm³/mol. The summed E-state index contributed by atoms with van der Waals surface area (Å²) in [5.41, 5.74) is 1.55. The summed E-state index contributed by atoms with van der Waals surface area (Å²) in [4.78, 5) is 23.7. The number of hydrogen-bond acceptors (Lipinski definition) is 4. The van der Waals surface area contributed by atoms with Crippen LogP contribution in [0.3, 0.4) is 0 Å². The van der Waals surface area contributed by atoms with Gasteiger partial charge in [-0.1, -0.05) is 25.5 Å². The zero-order chi connectivity index (χ0) is 19.1. The molecule has 2 saturated carbocycles. The van der Waals surface area contributed by atoms with E-state index in [0.717, 1.165) is 25.7 Å². The van der Waals surface area contributed by atoms with E-state index < -0.39 is 0 Å². The number of carbonyl (C=O) groups excluding carboxylic acids is 2. The van der Waals surface area contributed by atoms with E-state index in [0.29, 0.717) is 24.2 Å². The summed E-state index contributed by atoms with van der Waals surface area (Å²) in [6.07, 6.45) is 7.77. The highest BCUT2D eigenvalue weighted by Gasteiger charge is 2.62. The molecule has 146 valence electrons. The molecule has 0 amide bonds. The molecule has 1 saturated heterocycles. The molecule has 26 heavy (non-hydrogen) atoms. The van der Waals surface area contributed by atoms with Gasteiger partial charge in [0.05, 0.1) is 6.42 Å². The number of esters is 2. The lowest BCUT2D eigenvalue weighted by molar-refractivity contribution is -0.185. The Morgan fingerprint density at radius 2 is 2.12 bits per heavy atom. The van der Waals surface area contributed by atoms with Crippen molar-refractivity contribution in [2.24, 2.45) is 29.1 Å². The highest BCUT2D eigenvalue weighted by atomic mass is 16.6. The Bertz CT molecular complexity index is 591. The molecule has 0 aromatic heterocycles. The molecular weight excluding hydrogens is 328 g/mol. The van der Waals surface area contributed by atoms with Gasteiger partial charge in [0.15, 0.2) is 0 Å². The maximum Gasteiger partial charge on any atom is 0.306 e. The van der Waals surface area contributed by atoms with Crippen LogP contribution < -0.4 is 0 Å². The monoisotopic (exact) mass is 362 g/mol. The number of carbonyl (C=O) groups is 2. The first-order chi connectivity index (χ1) is 12.2. The fraction of sp³-hybridized carbons (Fsp3) is 0.818. The molecule has 0 aromatic rings. The lowest BCUT2D eigenvalue weighted by Crippen LogP contribution is -2.52. The van der Waals surface area contributed by atoms with E-state index in [1.807, 2.05) is 0 Å². The molecular formula is C22H34O4. The molecule has 0 aromatic carbocycles. The van der Waals surface area contributed by atoms with Gasteiger partial charge in [-0.25, -0.2) is 0 Å². The summed E-state index contributed by atoms with van der Waals surface area (Å²) in [6.45, 7) is 10.5. The van der Waals surface area contributed by atoms with Gasteiger partial charge in [0, 0.05) is 18.8 Å². The lowest BCUT2D eigenvalue weighted by atomic mass is 9.57. The van der Waals surface area contributed by atoms with Crippen molar-refractivity contribution in [2.75, 3.05) is 0 Å². The maximum absolute atomic E-state index is 12.2. The van der Waals surface area contributed by atoms with E-state index in [1.54, 1.807) is 0 Å². The molecule has 3 aliphatic rings. The minimum atomic E-state index is -0.237. The van der Waals surface area contributed by atoms with Gasteiger partial charge in [-0.05, 0) is 63.2 Å². The maximum atomic E-state index is 12.2. The van der Waals surface area contributed by atoms with Crippen LogP contribution in [0.4, 0.5) is 0 Å². The van der Waals surface area contributed by atoms with Crippen LogP contribution in [-0.2, 0) is 19.1 Å². The van der Waals surface area contributed by atoms with Crippen LogP contribution in [0.1, 0.15) is 73.1 Å². The molecule has 0 N–H and O–H groups in total. The number of hydrogen-bond donors (Lipinski definition) is 0. The fourth-order valence-electron chi connectivity index (χ4n) is 6.22. The van der Waals surface area contributed by atoms with Gasteiger partial charge in [0.25, 0.3) is 0 Å². The summed E-state index contributed by atoms with van der Waals surface area (Å²) in [5.74, 6) is 1.27. The zero-order valence-electron chi connectivity index (χ0n) is 16.9. The first-order valence-corrected chi connectivity index (χ1v) is 10.2. The second kappa shape index (κ2) is 7.36. The Labute approximate surface area is 157 Å². The van der Waals surface area contributed by atoms with Gasteiger partial charge in [0.2, 0.25) is 0 Å². The van der Waals surface area contributed by atoms with Crippen LogP contribution in [0.2, 0.25) is 0 Å². The Morgan fingerprint density at radius 1 is 1.38 bits per heavy atom. The predicted octanol–water partition coefficient (Wildman–Crippen LogP) is 4.67. The Morgan fingerprint density at radius 3 is 2.77 bits per heavy atom. The molecule has 4 heteroatoms. The highest BCUT2D eigenvalue weighted by molar-refractivity contribution is 5.71. The smallest absolute Gasteiger partial charge is 0.306 e. The van der Waals surface area contributed by atoms with Gasteiger partial charge >= 0.3 is 11.9 Å². The quantitative estimate of drug-likeness (QED) is 0.527. The molecule has 7 atom stereocenters. The van der Waals surface area contributed by atoms with Gasteiger partial charge in [-0.3, -0.25) is 9.59 Å². The minimum Gasteiger partial charge on any atom is -0.462 e. The van der Waals surface area contributed by atoms with Crippen LogP contribution in [0.5, 0.6) is 0 Å². The first-order valence-electron chi connectivity index (χ1n) is 10.2. The second-order valence-electron chi connectivity index (χ2n) is 9.29. The molecule has 0 bridgehead atoms. The van der Waals surface area contributed by atoms with Crippen molar-refractivity contribution in [3.8, 4) is 0 Å². The van der Waals surface area contributed by atoms with Crippen LogP contribution in [-0.4, -0.2) is 24.1 Å². The van der Waals surface area contributed by atoms with Crippen LogP contribution in [0.25, 0.3) is 0 Å². The summed E-state index contributed by atoms with van der Waals surface area (Å²) >= 11 is 0. The van der Waals surface area contributed by atoms with Crippen molar-refractivity contribution >= 4 is 11.9 Å². The fourth-order valence-corrected chi connectivity index (χ4v) is 6.22. The first kappa shape index (κ1) is 19.4. The Hall–Kier alpha value is -1.32. The van der Waals surface area contributed by atoms with Gasteiger partial charge in [0.1, 0.15) is 12.2 Å². The van der Waals surface area contributed by atoms with Crippen LogP contribution in [0, 0.1) is 29.1 Å². The molecule has 1 aliphatic heterocycles. The molecule has 3 fully saturated rings. The highest BCUT2D eigenvalue weighted by Crippen LogP contribution is 2.63. The van der Waals surface area contributed by atoms with Gasteiger partial charge in [-0.2, -0.15) is 0 Å². The van der Waals surface area contributed by atoms with Crippen molar-refractivity contribution in [1.29, 1.82) is 0 Å².